The van der Waals surface area contributed by atoms with Crippen LogP contribution in [0.2, 0.25) is 0 Å². The quantitative estimate of drug-likeness (QED) is 0.545. The molecule has 1 unspecified atom stereocenters. The van der Waals surface area contributed by atoms with E-state index in [0.29, 0.717) is 30.8 Å². The number of anilines is 2. The van der Waals surface area contributed by atoms with Gasteiger partial charge in [-0.3, -0.25) is 14.3 Å². The summed E-state index contributed by atoms with van der Waals surface area (Å²) in [5.74, 6) is -0.862. The fourth-order valence-corrected chi connectivity index (χ4v) is 6.23. The Morgan fingerprint density at radius 2 is 1.73 bits per heavy atom. The molecule has 1 atom stereocenters. The first-order valence-corrected chi connectivity index (χ1v) is 13.0. The summed E-state index contributed by atoms with van der Waals surface area (Å²) < 4.78 is 28.5. The van der Waals surface area contributed by atoms with Crippen molar-refractivity contribution in [3.63, 3.8) is 0 Å². The number of aryl methyl sites for hydroxylation is 1. The first-order valence-electron chi connectivity index (χ1n) is 10.7. The average Bonchev–Trinajstić information content (AvgIpc) is 3.32. The van der Waals surface area contributed by atoms with E-state index in [1.54, 1.807) is 22.4 Å². The van der Waals surface area contributed by atoms with Crippen molar-refractivity contribution < 1.29 is 18.0 Å². The molecule has 33 heavy (non-hydrogen) atoms. The van der Waals surface area contributed by atoms with Gasteiger partial charge in [0, 0.05) is 24.5 Å². The number of carbonyl (C=O) groups excluding carboxylic acids is 2. The topological polar surface area (TPSA) is 95.6 Å². The van der Waals surface area contributed by atoms with Gasteiger partial charge in [-0.15, -0.1) is 11.3 Å². The maximum absolute atomic E-state index is 13.3. The first-order chi connectivity index (χ1) is 15.8. The maximum Gasteiger partial charge on any atom is 0.265 e. The number of nitrogens with zero attached hydrogens (tertiary/aromatic N) is 1. The van der Waals surface area contributed by atoms with Gasteiger partial charge in [-0.2, -0.15) is 0 Å². The van der Waals surface area contributed by atoms with Crippen molar-refractivity contribution in [2.45, 2.75) is 24.7 Å². The predicted molar refractivity (Wildman–Crippen MR) is 130 cm³/mol. The van der Waals surface area contributed by atoms with Crippen LogP contribution in [0, 0.1) is 12.8 Å². The van der Waals surface area contributed by atoms with Crippen LogP contribution in [0.25, 0.3) is 0 Å². The van der Waals surface area contributed by atoms with Crippen LogP contribution >= 0.6 is 11.3 Å². The summed E-state index contributed by atoms with van der Waals surface area (Å²) in [6.45, 7) is 2.65. The van der Waals surface area contributed by atoms with Crippen LogP contribution in [0.15, 0.2) is 70.9 Å². The summed E-state index contributed by atoms with van der Waals surface area (Å²) in [4.78, 5) is 27.7. The Balaban J connectivity index is 1.48. The molecule has 1 aromatic heterocycles. The summed E-state index contributed by atoms with van der Waals surface area (Å²) in [5, 5.41) is 4.49. The van der Waals surface area contributed by atoms with Crippen LogP contribution in [0.3, 0.4) is 0 Å². The van der Waals surface area contributed by atoms with E-state index in [1.807, 2.05) is 49.4 Å². The Hall–Kier alpha value is -3.17. The van der Waals surface area contributed by atoms with Gasteiger partial charge < -0.3 is 10.2 Å². The van der Waals surface area contributed by atoms with Crippen molar-refractivity contribution in [1.82, 2.24) is 4.90 Å². The smallest absolute Gasteiger partial charge is 0.265 e. The normalized spacial score (nSPS) is 16.3. The molecular formula is C24H25N3O4S2. The van der Waals surface area contributed by atoms with Crippen molar-refractivity contribution >= 4 is 44.5 Å². The fraction of sp³-hybridized carbons (Fsp3) is 0.250. The summed E-state index contributed by atoms with van der Waals surface area (Å²) >= 11 is 1.09. The third-order valence-electron chi connectivity index (χ3n) is 5.54. The van der Waals surface area contributed by atoms with Crippen LogP contribution in [0.5, 0.6) is 0 Å². The molecule has 9 heteroatoms. The molecule has 3 aromatic rings. The molecule has 0 saturated carbocycles. The molecule has 2 N–H and O–H groups in total. The number of likely N-dealkylation sites (tertiary alicyclic amines) is 1. The van der Waals surface area contributed by atoms with E-state index in [2.05, 4.69) is 10.0 Å². The van der Waals surface area contributed by atoms with Crippen molar-refractivity contribution in [3.8, 4) is 0 Å². The molecule has 7 nitrogen and oxygen atoms in total. The number of carbonyl (C=O) groups is 2. The van der Waals surface area contributed by atoms with Gasteiger partial charge in [0.05, 0.1) is 5.92 Å². The third kappa shape index (κ3) is 5.43. The Kier molecular flexibility index (Phi) is 6.80. The number of hydrogen-bond donors (Lipinski definition) is 2. The van der Waals surface area contributed by atoms with Gasteiger partial charge in [0.2, 0.25) is 5.91 Å². The van der Waals surface area contributed by atoms with E-state index in [0.717, 1.165) is 16.9 Å². The highest BCUT2D eigenvalue weighted by Crippen LogP contribution is 2.28. The molecule has 1 aliphatic heterocycles. The molecule has 172 valence electrons. The first kappa shape index (κ1) is 23.0. The number of sulfonamides is 1. The van der Waals surface area contributed by atoms with Gasteiger partial charge in [-0.1, -0.05) is 35.9 Å². The number of para-hydroxylation sites is 1. The van der Waals surface area contributed by atoms with Gasteiger partial charge in [0.25, 0.3) is 15.9 Å². The summed E-state index contributed by atoms with van der Waals surface area (Å²) in [6, 6.07) is 17.6. The molecule has 0 aliphatic carbocycles. The second-order valence-electron chi connectivity index (χ2n) is 8.03. The van der Waals surface area contributed by atoms with Crippen molar-refractivity contribution in [2.75, 3.05) is 23.1 Å². The lowest BCUT2D eigenvalue weighted by molar-refractivity contribution is -0.121. The molecule has 1 aliphatic rings. The second-order valence-corrected chi connectivity index (χ2v) is 10.6. The summed E-state index contributed by atoms with van der Waals surface area (Å²) in [7, 11) is -3.93. The number of benzene rings is 2. The molecule has 2 aromatic carbocycles. The number of rotatable bonds is 6. The lowest BCUT2D eigenvalue weighted by Gasteiger charge is -2.32. The molecule has 0 radical (unpaired) electrons. The summed E-state index contributed by atoms with van der Waals surface area (Å²) in [5.41, 5.74) is 2.15. The Labute approximate surface area is 197 Å². The molecular weight excluding hydrogens is 458 g/mol. The zero-order valence-corrected chi connectivity index (χ0v) is 19.8. The minimum absolute atomic E-state index is 0.0473. The Morgan fingerprint density at radius 1 is 1.00 bits per heavy atom. The van der Waals surface area contributed by atoms with E-state index in [9.17, 15) is 18.0 Å². The molecule has 2 heterocycles. The average molecular weight is 484 g/mol. The molecule has 2 amide bonds. The monoisotopic (exact) mass is 483 g/mol. The van der Waals surface area contributed by atoms with Crippen LogP contribution < -0.4 is 10.0 Å². The van der Waals surface area contributed by atoms with Gasteiger partial charge in [-0.25, -0.2) is 8.42 Å². The van der Waals surface area contributed by atoms with Gasteiger partial charge >= 0.3 is 0 Å². The highest BCUT2D eigenvalue weighted by atomic mass is 32.2. The number of piperidine rings is 1. The second kappa shape index (κ2) is 9.76. The van der Waals surface area contributed by atoms with Crippen LogP contribution in [-0.4, -0.2) is 38.2 Å². The Morgan fingerprint density at radius 3 is 2.45 bits per heavy atom. The molecule has 0 bridgehead atoms. The largest absolute Gasteiger partial charge is 0.337 e. The molecule has 0 spiro atoms. The van der Waals surface area contributed by atoms with E-state index >= 15 is 0 Å². The SMILES string of the molecule is Cc1ccc(NS(=O)(=O)c2ccsc2C(=O)N2CCCC(C(=O)Nc3ccccc3)C2)cc1. The van der Waals surface area contributed by atoms with Crippen LogP contribution in [-0.2, 0) is 14.8 Å². The van der Waals surface area contributed by atoms with Gasteiger partial charge in [0.15, 0.2) is 0 Å². The minimum Gasteiger partial charge on any atom is -0.337 e. The number of thiophene rings is 1. The van der Waals surface area contributed by atoms with Gasteiger partial charge in [-0.05, 0) is 55.5 Å². The standard InChI is InChI=1S/C24H25N3O4S2/c1-17-9-11-20(12-10-17)26-33(30,31)21-13-15-32-22(21)24(29)27-14-5-6-18(16-27)23(28)25-19-7-3-2-4-8-19/h2-4,7-13,15,18,26H,5-6,14,16H2,1H3,(H,25,28). The van der Waals surface area contributed by atoms with Crippen molar-refractivity contribution in [1.29, 1.82) is 0 Å². The van der Waals surface area contributed by atoms with Gasteiger partial charge in [0.1, 0.15) is 9.77 Å². The zero-order valence-electron chi connectivity index (χ0n) is 18.2. The highest BCUT2D eigenvalue weighted by Gasteiger charge is 2.32. The fourth-order valence-electron chi connectivity index (χ4n) is 3.78. The van der Waals surface area contributed by atoms with E-state index in [-0.39, 0.29) is 34.0 Å². The lowest BCUT2D eigenvalue weighted by atomic mass is 9.97. The maximum atomic E-state index is 13.3. The molecule has 4 rings (SSSR count). The zero-order chi connectivity index (χ0) is 23.4. The molecule has 1 saturated heterocycles. The van der Waals surface area contributed by atoms with Crippen molar-refractivity contribution in [3.05, 3.63) is 76.5 Å². The highest BCUT2D eigenvalue weighted by molar-refractivity contribution is 7.93. The number of amides is 2. The van der Waals surface area contributed by atoms with E-state index in [1.165, 1.54) is 6.07 Å². The number of nitrogens with one attached hydrogen (secondary N) is 2. The van der Waals surface area contributed by atoms with Crippen LogP contribution in [0.1, 0.15) is 28.1 Å². The molecule has 1 fully saturated rings. The Bertz CT molecular complexity index is 1240. The predicted octanol–water partition coefficient (Wildman–Crippen LogP) is 4.35. The van der Waals surface area contributed by atoms with Crippen LogP contribution in [0.4, 0.5) is 11.4 Å². The lowest BCUT2D eigenvalue weighted by Crippen LogP contribution is -2.43. The van der Waals surface area contributed by atoms with E-state index in [4.69, 9.17) is 0 Å². The number of hydrogen-bond acceptors (Lipinski definition) is 5. The third-order valence-corrected chi connectivity index (χ3v) is 7.99. The van der Waals surface area contributed by atoms with E-state index < -0.39 is 10.0 Å². The summed E-state index contributed by atoms with van der Waals surface area (Å²) in [6.07, 6.45) is 1.35. The minimum atomic E-state index is -3.93. The van der Waals surface area contributed by atoms with Crippen molar-refractivity contribution in [2.24, 2.45) is 5.92 Å².